The Hall–Kier alpha value is -3.28. The number of anilines is 1. The minimum atomic E-state index is 0.0357. The number of aryl methyl sites for hydroxylation is 1. The van der Waals surface area contributed by atoms with Gasteiger partial charge in [0.25, 0.3) is 0 Å². The molecule has 0 fully saturated rings. The predicted octanol–water partition coefficient (Wildman–Crippen LogP) is 3.65. The molecule has 3 aromatic rings. The maximum absolute atomic E-state index is 11.5. The van der Waals surface area contributed by atoms with Gasteiger partial charge in [-0.25, -0.2) is 0 Å². The minimum absolute atomic E-state index is 0.0357. The Labute approximate surface area is 146 Å². The number of carbonyl (C=O) groups excluding carboxylic acids is 1. The van der Waals surface area contributed by atoms with Crippen LogP contribution in [0.3, 0.4) is 0 Å². The molecule has 0 unspecified atom stereocenters. The molecule has 126 valence electrons. The van der Waals surface area contributed by atoms with Crippen LogP contribution in [0.1, 0.15) is 35.6 Å². The molecule has 2 aromatic carbocycles. The topological polar surface area (TPSA) is 72.7 Å². The molecule has 3 rings (SSSR count). The summed E-state index contributed by atoms with van der Waals surface area (Å²) in [7, 11) is 0. The van der Waals surface area contributed by atoms with E-state index in [0.717, 1.165) is 17.1 Å². The molecule has 0 aliphatic heterocycles. The Kier molecular flexibility index (Phi) is 4.70. The van der Waals surface area contributed by atoms with Crippen LogP contribution in [0.15, 0.2) is 54.2 Å². The number of Topliss-reactive ketones (excluding diaryl/α,β-unsaturated/α-hetero) is 1. The maximum atomic E-state index is 11.5. The monoisotopic (exact) mass is 333 g/mol. The minimum Gasteiger partial charge on any atom is -0.359 e. The van der Waals surface area contributed by atoms with Gasteiger partial charge >= 0.3 is 0 Å². The van der Waals surface area contributed by atoms with Gasteiger partial charge in [0.2, 0.25) is 0 Å². The second-order valence-electron chi connectivity index (χ2n) is 5.87. The average molecular weight is 333 g/mol. The van der Waals surface area contributed by atoms with Gasteiger partial charge in [-0.1, -0.05) is 29.8 Å². The van der Waals surface area contributed by atoms with Crippen molar-refractivity contribution in [2.45, 2.75) is 20.8 Å². The highest BCUT2D eigenvalue weighted by Crippen LogP contribution is 2.16. The fraction of sp³-hybridized carbons (Fsp3) is 0.158. The van der Waals surface area contributed by atoms with E-state index in [0.29, 0.717) is 11.4 Å². The number of nitrogens with one attached hydrogen (secondary N) is 1. The summed E-state index contributed by atoms with van der Waals surface area (Å²) in [5.41, 5.74) is 4.45. The highest BCUT2D eigenvalue weighted by molar-refractivity contribution is 5.95. The highest BCUT2D eigenvalue weighted by atomic mass is 16.1. The fourth-order valence-corrected chi connectivity index (χ4v) is 2.43. The van der Waals surface area contributed by atoms with Crippen molar-refractivity contribution in [2.24, 2.45) is 0 Å². The average Bonchev–Trinajstić information content (AvgIpc) is 3.03. The number of carbonyl (C=O) groups is 1. The van der Waals surface area contributed by atoms with Gasteiger partial charge in [0, 0.05) is 23.0 Å². The number of allylic oxidation sites excluding steroid dienone is 1. The van der Waals surface area contributed by atoms with Crippen molar-refractivity contribution in [1.29, 1.82) is 0 Å². The van der Waals surface area contributed by atoms with Gasteiger partial charge in [-0.15, -0.1) is 5.10 Å². The maximum Gasteiger partial charge on any atom is 0.181 e. The second kappa shape index (κ2) is 7.09. The molecular formula is C19H19N5O. The first-order valence-corrected chi connectivity index (χ1v) is 7.95. The van der Waals surface area contributed by atoms with Crippen LogP contribution in [0.25, 0.3) is 11.8 Å². The molecule has 6 heteroatoms. The van der Waals surface area contributed by atoms with Crippen LogP contribution in [0.5, 0.6) is 0 Å². The normalized spacial score (nSPS) is 11.4. The lowest BCUT2D eigenvalue weighted by atomic mass is 10.1. The van der Waals surface area contributed by atoms with E-state index in [-0.39, 0.29) is 5.78 Å². The molecule has 25 heavy (non-hydrogen) atoms. The number of tetrazole rings is 1. The molecule has 0 aliphatic rings. The molecule has 1 N–H and O–H groups in total. The first-order chi connectivity index (χ1) is 12.0. The Bertz CT molecular complexity index is 925. The molecule has 6 nitrogen and oxygen atoms in total. The van der Waals surface area contributed by atoms with Crippen molar-refractivity contribution in [1.82, 2.24) is 20.2 Å². The summed E-state index contributed by atoms with van der Waals surface area (Å²) < 4.78 is 1.68. The number of rotatable bonds is 5. The summed E-state index contributed by atoms with van der Waals surface area (Å²) in [5, 5.41) is 15.2. The predicted molar refractivity (Wildman–Crippen MR) is 97.6 cm³/mol. The van der Waals surface area contributed by atoms with Crippen molar-refractivity contribution in [3.8, 4) is 5.69 Å². The summed E-state index contributed by atoms with van der Waals surface area (Å²) in [6.45, 7) is 5.51. The zero-order valence-electron chi connectivity index (χ0n) is 14.4. The molecule has 0 amide bonds. The molecule has 0 saturated carbocycles. The second-order valence-corrected chi connectivity index (χ2v) is 5.87. The zero-order valence-corrected chi connectivity index (χ0v) is 14.4. The number of ketones is 1. The molecule has 0 spiro atoms. The molecule has 0 aliphatic carbocycles. The Morgan fingerprint density at radius 3 is 2.60 bits per heavy atom. The van der Waals surface area contributed by atoms with Crippen molar-refractivity contribution in [3.63, 3.8) is 0 Å². The quantitative estimate of drug-likeness (QED) is 0.722. The van der Waals surface area contributed by atoms with E-state index in [2.05, 4.69) is 20.8 Å². The third kappa shape index (κ3) is 3.98. The van der Waals surface area contributed by atoms with Gasteiger partial charge in [0.1, 0.15) is 0 Å². The van der Waals surface area contributed by atoms with Crippen LogP contribution >= 0.6 is 0 Å². The Morgan fingerprint density at radius 1 is 1.12 bits per heavy atom. The van der Waals surface area contributed by atoms with E-state index in [9.17, 15) is 4.79 Å². The van der Waals surface area contributed by atoms with Crippen LogP contribution in [-0.2, 0) is 0 Å². The molecular weight excluding hydrogens is 314 g/mol. The van der Waals surface area contributed by atoms with E-state index < -0.39 is 0 Å². The standard InChI is InChI=1S/C19H19N5O/c1-13-7-9-18(10-8-13)24-19(21-22-23-24)11-14(2)20-17-6-4-5-16(12-17)15(3)25/h4-12,20H,1-3H3/b14-11-. The van der Waals surface area contributed by atoms with Crippen LogP contribution in [0.4, 0.5) is 5.69 Å². The Morgan fingerprint density at radius 2 is 1.88 bits per heavy atom. The van der Waals surface area contributed by atoms with Crippen LogP contribution in [-0.4, -0.2) is 26.0 Å². The number of nitrogens with zero attached hydrogens (tertiary/aromatic N) is 4. The first kappa shape index (κ1) is 16.6. The van der Waals surface area contributed by atoms with Crippen LogP contribution < -0.4 is 5.32 Å². The molecule has 0 radical (unpaired) electrons. The van der Waals surface area contributed by atoms with E-state index in [1.54, 1.807) is 17.7 Å². The molecule has 0 bridgehead atoms. The summed E-state index contributed by atoms with van der Waals surface area (Å²) in [6, 6.07) is 15.4. The Balaban J connectivity index is 1.84. The lowest BCUT2D eigenvalue weighted by Gasteiger charge is -2.08. The third-order valence-corrected chi connectivity index (χ3v) is 3.73. The van der Waals surface area contributed by atoms with Gasteiger partial charge in [-0.2, -0.15) is 4.68 Å². The molecule has 1 heterocycles. The van der Waals surface area contributed by atoms with Crippen molar-refractivity contribution >= 4 is 17.5 Å². The lowest BCUT2D eigenvalue weighted by Crippen LogP contribution is -2.02. The summed E-state index contributed by atoms with van der Waals surface area (Å²) in [6.07, 6.45) is 1.86. The first-order valence-electron chi connectivity index (χ1n) is 7.95. The van der Waals surface area contributed by atoms with Gasteiger partial charge < -0.3 is 5.32 Å². The number of hydrogen-bond donors (Lipinski definition) is 1. The fourth-order valence-electron chi connectivity index (χ4n) is 2.43. The SMILES string of the molecule is CC(=O)c1cccc(N/C(C)=C\c2nnnn2-c2ccc(C)cc2)c1. The highest BCUT2D eigenvalue weighted by Gasteiger charge is 2.07. The van der Waals surface area contributed by atoms with Gasteiger partial charge in [0.15, 0.2) is 11.6 Å². The summed E-state index contributed by atoms with van der Waals surface area (Å²) in [5.74, 6) is 0.658. The van der Waals surface area contributed by atoms with Crippen molar-refractivity contribution in [3.05, 3.63) is 71.2 Å². The van der Waals surface area contributed by atoms with E-state index in [1.165, 1.54) is 5.56 Å². The largest absolute Gasteiger partial charge is 0.359 e. The van der Waals surface area contributed by atoms with E-state index in [1.807, 2.05) is 62.4 Å². The van der Waals surface area contributed by atoms with E-state index in [4.69, 9.17) is 0 Å². The smallest absolute Gasteiger partial charge is 0.181 e. The van der Waals surface area contributed by atoms with E-state index >= 15 is 0 Å². The summed E-state index contributed by atoms with van der Waals surface area (Å²) in [4.78, 5) is 11.5. The molecule has 1 aromatic heterocycles. The number of aromatic nitrogens is 4. The van der Waals surface area contributed by atoms with Crippen LogP contribution in [0, 0.1) is 6.92 Å². The molecule has 0 saturated heterocycles. The van der Waals surface area contributed by atoms with Gasteiger partial charge in [0.05, 0.1) is 5.69 Å². The summed E-state index contributed by atoms with van der Waals surface area (Å²) >= 11 is 0. The van der Waals surface area contributed by atoms with Gasteiger partial charge in [-0.05, 0) is 55.5 Å². The van der Waals surface area contributed by atoms with Crippen molar-refractivity contribution < 1.29 is 4.79 Å². The number of hydrogen-bond acceptors (Lipinski definition) is 5. The van der Waals surface area contributed by atoms with Crippen LogP contribution in [0.2, 0.25) is 0 Å². The molecule has 0 atom stereocenters. The van der Waals surface area contributed by atoms with Crippen molar-refractivity contribution in [2.75, 3.05) is 5.32 Å². The zero-order chi connectivity index (χ0) is 17.8. The third-order valence-electron chi connectivity index (χ3n) is 3.73. The number of benzene rings is 2. The van der Waals surface area contributed by atoms with Gasteiger partial charge in [-0.3, -0.25) is 4.79 Å². The lowest BCUT2D eigenvalue weighted by molar-refractivity contribution is 0.101.